The number of H-pyrrole nitrogens is 1. The molecule has 4 nitrogen and oxygen atoms in total. The monoisotopic (exact) mass is 275 g/mol. The zero-order valence-electron chi connectivity index (χ0n) is 10.3. The molecule has 5 heteroatoms. The summed E-state index contributed by atoms with van der Waals surface area (Å²) in [6, 6.07) is 9.81. The smallest absolute Gasteiger partial charge is 0.268 e. The Morgan fingerprint density at radius 2 is 2.05 bits per heavy atom. The van der Waals surface area contributed by atoms with Crippen LogP contribution in [0.25, 0.3) is 11.3 Å². The maximum Gasteiger partial charge on any atom is 0.268 e. The molecular weight excluding hydrogens is 262 g/mol. The Balaban J connectivity index is 1.86. The van der Waals surface area contributed by atoms with Crippen molar-refractivity contribution >= 4 is 11.6 Å². The van der Waals surface area contributed by atoms with Gasteiger partial charge in [-0.2, -0.15) is 5.10 Å². The van der Waals surface area contributed by atoms with Crippen LogP contribution in [0.5, 0.6) is 0 Å². The molecule has 0 unspecified atom stereocenters. The van der Waals surface area contributed by atoms with E-state index in [9.17, 15) is 4.79 Å². The molecule has 1 aromatic carbocycles. The Labute approximate surface area is 115 Å². The van der Waals surface area contributed by atoms with E-state index in [-0.39, 0.29) is 5.56 Å². The molecule has 98 valence electrons. The van der Waals surface area contributed by atoms with Crippen molar-refractivity contribution in [2.45, 2.75) is 25.4 Å². The van der Waals surface area contributed by atoms with Gasteiger partial charge in [0.15, 0.2) is 0 Å². The van der Waals surface area contributed by atoms with Gasteiger partial charge in [0.25, 0.3) is 5.56 Å². The van der Waals surface area contributed by atoms with E-state index < -0.39 is 0 Å². The molecule has 0 saturated heterocycles. The summed E-state index contributed by atoms with van der Waals surface area (Å²) in [7, 11) is 0. The molecule has 19 heavy (non-hydrogen) atoms. The van der Waals surface area contributed by atoms with E-state index in [4.69, 9.17) is 11.6 Å². The Morgan fingerprint density at radius 3 is 2.74 bits per heavy atom. The fourth-order valence-corrected chi connectivity index (χ4v) is 2.01. The van der Waals surface area contributed by atoms with Crippen LogP contribution < -0.4 is 10.9 Å². The van der Waals surface area contributed by atoms with E-state index in [0.29, 0.717) is 23.2 Å². The molecule has 0 atom stereocenters. The number of nitrogens with zero attached hydrogens (tertiary/aromatic N) is 1. The molecule has 0 spiro atoms. The number of hydrogen-bond acceptors (Lipinski definition) is 3. The predicted molar refractivity (Wildman–Crippen MR) is 75.2 cm³/mol. The minimum atomic E-state index is -0.133. The van der Waals surface area contributed by atoms with Crippen LogP contribution in [-0.4, -0.2) is 16.2 Å². The lowest BCUT2D eigenvalue weighted by atomic mass is 10.1. The highest BCUT2D eigenvalue weighted by atomic mass is 35.5. The summed E-state index contributed by atoms with van der Waals surface area (Å²) in [6.45, 7) is 0.586. The molecule has 0 aliphatic heterocycles. The summed E-state index contributed by atoms with van der Waals surface area (Å²) < 4.78 is 0. The van der Waals surface area contributed by atoms with Crippen LogP contribution in [0, 0.1) is 0 Å². The van der Waals surface area contributed by atoms with Gasteiger partial charge in [-0.3, -0.25) is 4.79 Å². The van der Waals surface area contributed by atoms with E-state index in [0.717, 1.165) is 11.3 Å². The summed E-state index contributed by atoms with van der Waals surface area (Å²) in [5, 5.41) is 10.6. The van der Waals surface area contributed by atoms with Crippen LogP contribution in [-0.2, 0) is 6.54 Å². The van der Waals surface area contributed by atoms with Crippen molar-refractivity contribution in [3.05, 3.63) is 51.3 Å². The number of halogens is 1. The average Bonchev–Trinajstić information content (AvgIpc) is 3.23. The maximum absolute atomic E-state index is 11.7. The Kier molecular flexibility index (Phi) is 3.36. The number of aromatic amines is 1. The van der Waals surface area contributed by atoms with Crippen molar-refractivity contribution in [1.29, 1.82) is 0 Å². The van der Waals surface area contributed by atoms with Gasteiger partial charge in [0.2, 0.25) is 0 Å². The first kappa shape index (κ1) is 12.4. The first-order valence-corrected chi connectivity index (χ1v) is 6.68. The standard InChI is InChI=1S/C14H14ClN3O/c15-11-3-1-9(2-4-11)13-7-10(14(19)18-17-13)8-16-12-5-6-12/h1-4,7,12,16H,5-6,8H2,(H,18,19). The summed E-state index contributed by atoms with van der Waals surface area (Å²) in [5.41, 5.74) is 2.27. The molecule has 0 radical (unpaired) electrons. The zero-order chi connectivity index (χ0) is 13.2. The van der Waals surface area contributed by atoms with Crippen molar-refractivity contribution in [3.8, 4) is 11.3 Å². The summed E-state index contributed by atoms with van der Waals surface area (Å²) in [5.74, 6) is 0. The van der Waals surface area contributed by atoms with Crippen LogP contribution >= 0.6 is 11.6 Å². The van der Waals surface area contributed by atoms with E-state index in [2.05, 4.69) is 15.5 Å². The van der Waals surface area contributed by atoms with Gasteiger partial charge in [-0.1, -0.05) is 23.7 Å². The summed E-state index contributed by atoms with van der Waals surface area (Å²) in [6.07, 6.45) is 2.40. The fourth-order valence-electron chi connectivity index (χ4n) is 1.89. The highest BCUT2D eigenvalue weighted by Gasteiger charge is 2.20. The number of benzene rings is 1. The lowest BCUT2D eigenvalue weighted by Crippen LogP contribution is -2.23. The summed E-state index contributed by atoms with van der Waals surface area (Å²) >= 11 is 5.86. The van der Waals surface area contributed by atoms with Crippen LogP contribution in [0.15, 0.2) is 35.1 Å². The third kappa shape index (κ3) is 3.03. The van der Waals surface area contributed by atoms with Gasteiger partial charge >= 0.3 is 0 Å². The van der Waals surface area contributed by atoms with Crippen molar-refractivity contribution in [2.24, 2.45) is 0 Å². The largest absolute Gasteiger partial charge is 0.310 e. The van der Waals surface area contributed by atoms with Crippen LogP contribution in [0.3, 0.4) is 0 Å². The van der Waals surface area contributed by atoms with Gasteiger partial charge in [-0.05, 0) is 31.0 Å². The molecule has 3 rings (SSSR count). The van der Waals surface area contributed by atoms with Gasteiger partial charge in [-0.15, -0.1) is 0 Å². The van der Waals surface area contributed by atoms with Crippen molar-refractivity contribution in [2.75, 3.05) is 0 Å². The summed E-state index contributed by atoms with van der Waals surface area (Å²) in [4.78, 5) is 11.7. The number of nitrogens with one attached hydrogen (secondary N) is 2. The topological polar surface area (TPSA) is 57.8 Å². The second-order valence-electron chi connectivity index (χ2n) is 4.77. The van der Waals surface area contributed by atoms with E-state index in [1.165, 1.54) is 12.8 Å². The highest BCUT2D eigenvalue weighted by molar-refractivity contribution is 6.30. The number of rotatable bonds is 4. The Bertz CT molecular complexity index is 632. The van der Waals surface area contributed by atoms with Crippen LogP contribution in [0.2, 0.25) is 5.02 Å². The average molecular weight is 276 g/mol. The molecule has 0 amide bonds. The van der Waals surface area contributed by atoms with Gasteiger partial charge in [0, 0.05) is 28.7 Å². The minimum Gasteiger partial charge on any atom is -0.310 e. The van der Waals surface area contributed by atoms with Gasteiger partial charge < -0.3 is 5.32 Å². The quantitative estimate of drug-likeness (QED) is 0.900. The molecule has 0 bridgehead atoms. The second-order valence-corrected chi connectivity index (χ2v) is 5.21. The van der Waals surface area contributed by atoms with E-state index in [1.807, 2.05) is 30.3 Å². The molecule has 1 aliphatic rings. The third-order valence-corrected chi connectivity index (χ3v) is 3.43. The lowest BCUT2D eigenvalue weighted by Gasteiger charge is -2.05. The fraction of sp³-hybridized carbons (Fsp3) is 0.286. The molecular formula is C14H14ClN3O. The first-order valence-electron chi connectivity index (χ1n) is 6.30. The Morgan fingerprint density at radius 1 is 1.32 bits per heavy atom. The van der Waals surface area contributed by atoms with Gasteiger partial charge in [0.1, 0.15) is 0 Å². The molecule has 1 fully saturated rings. The zero-order valence-corrected chi connectivity index (χ0v) is 11.1. The highest BCUT2D eigenvalue weighted by Crippen LogP contribution is 2.21. The van der Waals surface area contributed by atoms with Gasteiger partial charge in [-0.25, -0.2) is 5.10 Å². The second kappa shape index (κ2) is 5.15. The van der Waals surface area contributed by atoms with Crippen LogP contribution in [0.1, 0.15) is 18.4 Å². The van der Waals surface area contributed by atoms with E-state index >= 15 is 0 Å². The molecule has 1 saturated carbocycles. The Hall–Kier alpha value is -1.65. The predicted octanol–water partition coefficient (Wildman–Crippen LogP) is 2.34. The SMILES string of the molecule is O=c1[nH]nc(-c2ccc(Cl)cc2)cc1CNC1CC1. The number of aromatic nitrogens is 2. The molecule has 1 heterocycles. The van der Waals surface area contributed by atoms with Crippen molar-refractivity contribution in [1.82, 2.24) is 15.5 Å². The first-order chi connectivity index (χ1) is 9.22. The number of hydrogen-bond donors (Lipinski definition) is 2. The lowest BCUT2D eigenvalue weighted by molar-refractivity contribution is 0.679. The molecule has 1 aromatic heterocycles. The van der Waals surface area contributed by atoms with Crippen molar-refractivity contribution in [3.63, 3.8) is 0 Å². The minimum absolute atomic E-state index is 0.133. The van der Waals surface area contributed by atoms with Gasteiger partial charge in [0.05, 0.1) is 5.69 Å². The third-order valence-electron chi connectivity index (χ3n) is 3.18. The maximum atomic E-state index is 11.7. The normalized spacial score (nSPS) is 14.6. The van der Waals surface area contributed by atoms with Crippen LogP contribution in [0.4, 0.5) is 0 Å². The van der Waals surface area contributed by atoms with E-state index in [1.54, 1.807) is 0 Å². The van der Waals surface area contributed by atoms with Crippen molar-refractivity contribution < 1.29 is 0 Å². The molecule has 2 N–H and O–H groups in total. The molecule has 1 aliphatic carbocycles. The molecule has 2 aromatic rings.